The van der Waals surface area contributed by atoms with E-state index in [2.05, 4.69) is 24.9 Å². The molecule has 1 saturated carbocycles. The summed E-state index contributed by atoms with van der Waals surface area (Å²) in [7, 11) is 0. The van der Waals surface area contributed by atoms with Gasteiger partial charge in [0.05, 0.1) is 18.1 Å². The van der Waals surface area contributed by atoms with E-state index in [0.29, 0.717) is 0 Å². The van der Waals surface area contributed by atoms with Gasteiger partial charge < -0.3 is 4.57 Å². The first-order valence-corrected chi connectivity index (χ1v) is 5.11. The molecule has 0 aromatic carbocycles. The largest absolute Gasteiger partial charge is 0.318 e. The van der Waals surface area contributed by atoms with E-state index < -0.39 is 0 Å². The number of rotatable bonds is 1. The molecule has 1 aliphatic carbocycles. The molecule has 0 radical (unpaired) electrons. The van der Waals surface area contributed by atoms with E-state index in [4.69, 9.17) is 5.26 Å². The van der Waals surface area contributed by atoms with Crippen molar-refractivity contribution in [2.45, 2.75) is 45.6 Å². The molecule has 0 bridgehead atoms. The fourth-order valence-electron chi connectivity index (χ4n) is 1.20. The third-order valence-electron chi connectivity index (χ3n) is 2.14. The van der Waals surface area contributed by atoms with E-state index in [9.17, 15) is 0 Å². The molecule has 0 atom stereocenters. The van der Waals surface area contributed by atoms with Crippen LogP contribution in [-0.4, -0.2) is 9.55 Å². The summed E-state index contributed by atoms with van der Waals surface area (Å²) < 4.78 is 1.92. The van der Waals surface area contributed by atoms with Crippen molar-refractivity contribution < 1.29 is 0 Å². The fraction of sp³-hybridized carbons (Fsp3) is 0.636. The molecular weight excluding hydrogens is 174 g/mol. The van der Waals surface area contributed by atoms with E-state index in [1.54, 1.807) is 6.33 Å². The Morgan fingerprint density at radius 1 is 1.57 bits per heavy atom. The number of hydrogen-bond donors (Lipinski definition) is 0. The van der Waals surface area contributed by atoms with Gasteiger partial charge >= 0.3 is 0 Å². The molecule has 14 heavy (non-hydrogen) atoms. The van der Waals surface area contributed by atoms with E-state index in [0.717, 1.165) is 18.5 Å². The first kappa shape index (κ1) is 10.8. The van der Waals surface area contributed by atoms with Gasteiger partial charge in [0.1, 0.15) is 5.54 Å². The highest BCUT2D eigenvalue weighted by atomic mass is 15.1. The van der Waals surface area contributed by atoms with Crippen molar-refractivity contribution in [3.05, 3.63) is 18.2 Å². The first-order chi connectivity index (χ1) is 6.68. The zero-order valence-corrected chi connectivity index (χ0v) is 9.12. The van der Waals surface area contributed by atoms with Crippen molar-refractivity contribution in [3.63, 3.8) is 0 Å². The number of hydrogen-bond acceptors (Lipinski definition) is 2. The molecule has 1 aliphatic rings. The molecule has 76 valence electrons. The lowest BCUT2D eigenvalue weighted by atomic mass is 10.3. The van der Waals surface area contributed by atoms with Crippen LogP contribution in [0.15, 0.2) is 12.5 Å². The number of aryl methyl sites for hydroxylation is 1. The Hall–Kier alpha value is -1.30. The minimum Gasteiger partial charge on any atom is -0.318 e. The van der Waals surface area contributed by atoms with Crippen molar-refractivity contribution >= 4 is 0 Å². The van der Waals surface area contributed by atoms with E-state index in [1.807, 2.05) is 17.7 Å². The lowest BCUT2D eigenvalue weighted by molar-refractivity contribution is 0.608. The van der Waals surface area contributed by atoms with Crippen LogP contribution >= 0.6 is 0 Å². The average molecular weight is 191 g/mol. The van der Waals surface area contributed by atoms with Crippen molar-refractivity contribution in [1.29, 1.82) is 5.26 Å². The maximum absolute atomic E-state index is 8.82. The smallest absolute Gasteiger partial charge is 0.132 e. The van der Waals surface area contributed by atoms with Crippen LogP contribution in [0.25, 0.3) is 0 Å². The Balaban J connectivity index is 0.000000293. The normalized spacial score (nSPS) is 16.4. The summed E-state index contributed by atoms with van der Waals surface area (Å²) in [5.74, 6) is 0. The van der Waals surface area contributed by atoms with Crippen molar-refractivity contribution in [3.8, 4) is 6.07 Å². The van der Waals surface area contributed by atoms with Crippen LogP contribution in [-0.2, 0) is 5.54 Å². The molecule has 3 heteroatoms. The molecule has 0 N–H and O–H groups in total. The van der Waals surface area contributed by atoms with Gasteiger partial charge in [0.2, 0.25) is 0 Å². The maximum atomic E-state index is 8.82. The Bertz CT molecular complexity index is 329. The van der Waals surface area contributed by atoms with Gasteiger partial charge in [-0.2, -0.15) is 5.26 Å². The van der Waals surface area contributed by atoms with Crippen LogP contribution in [0.1, 0.15) is 38.8 Å². The van der Waals surface area contributed by atoms with Crippen LogP contribution in [0.5, 0.6) is 0 Å². The van der Waals surface area contributed by atoms with E-state index >= 15 is 0 Å². The highest BCUT2D eigenvalue weighted by Crippen LogP contribution is 2.42. The Morgan fingerprint density at radius 2 is 2.14 bits per heavy atom. The van der Waals surface area contributed by atoms with Crippen LogP contribution in [0.2, 0.25) is 0 Å². The zero-order chi connectivity index (χ0) is 10.6. The van der Waals surface area contributed by atoms with Crippen LogP contribution in [0.3, 0.4) is 0 Å². The van der Waals surface area contributed by atoms with Crippen LogP contribution in [0, 0.1) is 18.3 Å². The second-order valence-corrected chi connectivity index (χ2v) is 3.77. The predicted molar refractivity (Wildman–Crippen MR) is 55.8 cm³/mol. The minimum absolute atomic E-state index is 0.235. The van der Waals surface area contributed by atoms with Gasteiger partial charge in [0.25, 0.3) is 0 Å². The molecule has 0 unspecified atom stereocenters. The van der Waals surface area contributed by atoms with Gasteiger partial charge in [0.15, 0.2) is 0 Å². The molecule has 1 fully saturated rings. The summed E-state index contributed by atoms with van der Waals surface area (Å²) >= 11 is 0. The quantitative estimate of drug-likeness (QED) is 0.684. The van der Waals surface area contributed by atoms with E-state index in [-0.39, 0.29) is 5.54 Å². The molecule has 3 nitrogen and oxygen atoms in total. The van der Waals surface area contributed by atoms with Crippen LogP contribution in [0.4, 0.5) is 0 Å². The SMILES string of the molecule is CCC.Cc1cn(C2(C#N)CC2)cn1. The minimum atomic E-state index is -0.235. The molecule has 2 rings (SSSR count). The van der Waals surface area contributed by atoms with Gasteiger partial charge in [-0.25, -0.2) is 4.98 Å². The standard InChI is InChI=1S/C8H9N3.C3H8/c1-7-4-11(6-10-7)8(5-9)2-3-8;1-3-2/h4,6H,2-3H2,1H3;3H2,1-2H3. The van der Waals surface area contributed by atoms with Crippen molar-refractivity contribution in [2.75, 3.05) is 0 Å². The molecule has 0 saturated heterocycles. The topological polar surface area (TPSA) is 41.6 Å². The van der Waals surface area contributed by atoms with Crippen molar-refractivity contribution in [1.82, 2.24) is 9.55 Å². The molecular formula is C11H17N3. The molecule has 1 aromatic rings. The Morgan fingerprint density at radius 3 is 2.43 bits per heavy atom. The third-order valence-corrected chi connectivity index (χ3v) is 2.14. The highest BCUT2D eigenvalue weighted by molar-refractivity contribution is 5.17. The average Bonchev–Trinajstić information content (AvgIpc) is 2.85. The number of imidazole rings is 1. The lowest BCUT2D eigenvalue weighted by Crippen LogP contribution is -2.11. The summed E-state index contributed by atoms with van der Waals surface area (Å²) in [6.45, 7) is 6.18. The summed E-state index contributed by atoms with van der Waals surface area (Å²) in [5, 5.41) is 8.82. The number of aromatic nitrogens is 2. The molecule has 0 aliphatic heterocycles. The second kappa shape index (κ2) is 4.28. The summed E-state index contributed by atoms with van der Waals surface area (Å²) in [6.07, 6.45) is 6.86. The molecule has 1 aromatic heterocycles. The lowest BCUT2D eigenvalue weighted by Gasteiger charge is -2.04. The first-order valence-electron chi connectivity index (χ1n) is 5.11. The second-order valence-electron chi connectivity index (χ2n) is 3.77. The number of nitrogens with zero attached hydrogens (tertiary/aromatic N) is 3. The fourth-order valence-corrected chi connectivity index (χ4v) is 1.20. The molecule has 0 amide bonds. The Kier molecular flexibility index (Phi) is 3.29. The molecule has 1 heterocycles. The molecule has 0 spiro atoms. The van der Waals surface area contributed by atoms with Gasteiger partial charge in [-0.1, -0.05) is 20.3 Å². The van der Waals surface area contributed by atoms with Crippen LogP contribution < -0.4 is 0 Å². The third kappa shape index (κ3) is 2.14. The van der Waals surface area contributed by atoms with Gasteiger partial charge in [0, 0.05) is 6.20 Å². The number of nitriles is 1. The summed E-state index contributed by atoms with van der Waals surface area (Å²) in [6, 6.07) is 2.31. The maximum Gasteiger partial charge on any atom is 0.132 e. The Labute approximate surface area is 85.4 Å². The van der Waals surface area contributed by atoms with E-state index in [1.165, 1.54) is 6.42 Å². The summed E-state index contributed by atoms with van der Waals surface area (Å²) in [5.41, 5.74) is 0.743. The van der Waals surface area contributed by atoms with Gasteiger partial charge in [-0.15, -0.1) is 0 Å². The monoisotopic (exact) mass is 191 g/mol. The summed E-state index contributed by atoms with van der Waals surface area (Å²) in [4.78, 5) is 4.08. The predicted octanol–water partition coefficient (Wildman–Crippen LogP) is 2.62. The van der Waals surface area contributed by atoms with Gasteiger partial charge in [-0.05, 0) is 19.8 Å². The van der Waals surface area contributed by atoms with Crippen molar-refractivity contribution in [2.24, 2.45) is 0 Å². The van der Waals surface area contributed by atoms with Gasteiger partial charge in [-0.3, -0.25) is 0 Å². The highest BCUT2D eigenvalue weighted by Gasteiger charge is 2.44. The zero-order valence-electron chi connectivity index (χ0n) is 9.12.